The number of aryl methyl sites for hydroxylation is 1. The van der Waals surface area contributed by atoms with E-state index in [1.165, 1.54) is 12.1 Å². The zero-order valence-electron chi connectivity index (χ0n) is 14.3. The molecule has 26 heavy (non-hydrogen) atoms. The fraction of sp³-hybridized carbons (Fsp3) is 0.235. The van der Waals surface area contributed by atoms with Gasteiger partial charge < -0.3 is 19.6 Å². The van der Waals surface area contributed by atoms with Crippen molar-refractivity contribution in [2.24, 2.45) is 0 Å². The zero-order valence-corrected chi connectivity index (χ0v) is 14.3. The van der Waals surface area contributed by atoms with Crippen molar-refractivity contribution in [2.45, 2.75) is 13.5 Å². The normalized spacial score (nSPS) is 10.7. The molecule has 0 bridgehead atoms. The Hall–Kier alpha value is -3.33. The van der Waals surface area contributed by atoms with E-state index in [0.717, 1.165) is 5.56 Å². The number of hydrogen-bond donors (Lipinski definition) is 0. The second-order valence-corrected chi connectivity index (χ2v) is 5.47. The molecule has 9 nitrogen and oxygen atoms in total. The molecule has 3 rings (SSSR count). The lowest BCUT2D eigenvalue weighted by molar-refractivity contribution is -0.389. The Bertz CT molecular complexity index is 925. The third-order valence-corrected chi connectivity index (χ3v) is 3.62. The molecule has 9 heteroatoms. The van der Waals surface area contributed by atoms with Crippen LogP contribution in [0, 0.1) is 17.0 Å². The molecule has 0 saturated heterocycles. The third kappa shape index (κ3) is 4.01. The molecular weight excluding hydrogens is 338 g/mol. The summed E-state index contributed by atoms with van der Waals surface area (Å²) >= 11 is 0. The van der Waals surface area contributed by atoms with Crippen LogP contribution in [-0.2, 0) is 11.3 Å². The first kappa shape index (κ1) is 17.5. The highest BCUT2D eigenvalue weighted by Crippen LogP contribution is 2.28. The highest BCUT2D eigenvalue weighted by molar-refractivity contribution is 5.59. The van der Waals surface area contributed by atoms with Gasteiger partial charge in [0.25, 0.3) is 0 Å². The minimum absolute atomic E-state index is 0.214. The summed E-state index contributed by atoms with van der Waals surface area (Å²) in [6.07, 6.45) is 5.23. The van der Waals surface area contributed by atoms with Gasteiger partial charge in [-0.3, -0.25) is 9.67 Å². The largest absolute Gasteiger partial charge is 0.453 e. The first-order chi connectivity index (χ1) is 12.6. The maximum absolute atomic E-state index is 10.8. The average molecular weight is 355 g/mol. The summed E-state index contributed by atoms with van der Waals surface area (Å²) in [5.41, 5.74) is 1.99. The standard InChI is InChI=1S/C17H17N5O4/c1-12-16(3-4-17(20-12)22(23)24)26-14-5-6-18-15(9-14)13-10-19-21(11-13)7-8-25-2/h3-6,9-11H,7-8H2,1-2H3. The smallest absolute Gasteiger partial charge is 0.363 e. The molecule has 0 spiro atoms. The molecule has 134 valence electrons. The van der Waals surface area contributed by atoms with E-state index >= 15 is 0 Å². The van der Waals surface area contributed by atoms with E-state index in [-0.39, 0.29) is 5.82 Å². The number of hydrogen-bond acceptors (Lipinski definition) is 7. The average Bonchev–Trinajstić information content (AvgIpc) is 3.11. The molecule has 0 aliphatic heterocycles. The Morgan fingerprint density at radius 3 is 2.88 bits per heavy atom. The maximum atomic E-state index is 10.8. The number of aromatic nitrogens is 4. The fourth-order valence-electron chi connectivity index (χ4n) is 2.31. The van der Waals surface area contributed by atoms with Crippen LogP contribution in [0.1, 0.15) is 5.69 Å². The molecule has 0 aromatic carbocycles. The fourth-order valence-corrected chi connectivity index (χ4v) is 2.31. The predicted molar refractivity (Wildman–Crippen MR) is 93.0 cm³/mol. The quantitative estimate of drug-likeness (QED) is 0.474. The summed E-state index contributed by atoms with van der Waals surface area (Å²) < 4.78 is 12.6. The zero-order chi connectivity index (χ0) is 18.5. The molecule has 0 aliphatic rings. The van der Waals surface area contributed by atoms with E-state index in [1.807, 2.05) is 6.20 Å². The minimum atomic E-state index is -0.539. The Kier molecular flexibility index (Phi) is 5.18. The second-order valence-electron chi connectivity index (χ2n) is 5.47. The lowest BCUT2D eigenvalue weighted by Crippen LogP contribution is -2.03. The molecule has 3 heterocycles. The van der Waals surface area contributed by atoms with Crippen LogP contribution >= 0.6 is 0 Å². The minimum Gasteiger partial charge on any atom is -0.453 e. The molecule has 0 radical (unpaired) electrons. The highest BCUT2D eigenvalue weighted by Gasteiger charge is 2.14. The number of pyridine rings is 2. The van der Waals surface area contributed by atoms with Crippen molar-refractivity contribution < 1.29 is 14.4 Å². The van der Waals surface area contributed by atoms with Gasteiger partial charge in [0, 0.05) is 44.1 Å². The van der Waals surface area contributed by atoms with Crippen molar-refractivity contribution in [3.63, 3.8) is 0 Å². The van der Waals surface area contributed by atoms with Crippen LogP contribution in [0.15, 0.2) is 42.9 Å². The Balaban J connectivity index is 1.79. The van der Waals surface area contributed by atoms with Crippen LogP contribution in [0.5, 0.6) is 11.5 Å². The van der Waals surface area contributed by atoms with Crippen molar-refractivity contribution in [1.29, 1.82) is 0 Å². The van der Waals surface area contributed by atoms with Crippen molar-refractivity contribution in [3.8, 4) is 22.8 Å². The van der Waals surface area contributed by atoms with E-state index in [1.54, 1.807) is 43.2 Å². The molecular formula is C17H17N5O4. The first-order valence-corrected chi connectivity index (χ1v) is 7.84. The van der Waals surface area contributed by atoms with Gasteiger partial charge in [0.1, 0.15) is 5.75 Å². The van der Waals surface area contributed by atoms with Gasteiger partial charge in [-0.2, -0.15) is 5.10 Å². The van der Waals surface area contributed by atoms with Gasteiger partial charge in [-0.1, -0.05) is 0 Å². The van der Waals surface area contributed by atoms with E-state index in [4.69, 9.17) is 9.47 Å². The van der Waals surface area contributed by atoms with Crippen molar-refractivity contribution >= 4 is 5.82 Å². The van der Waals surface area contributed by atoms with Gasteiger partial charge in [0.2, 0.25) is 0 Å². The second kappa shape index (κ2) is 7.70. The number of ether oxygens (including phenoxy) is 2. The van der Waals surface area contributed by atoms with Crippen LogP contribution in [0.3, 0.4) is 0 Å². The van der Waals surface area contributed by atoms with Gasteiger partial charge >= 0.3 is 5.82 Å². The summed E-state index contributed by atoms with van der Waals surface area (Å²) in [7, 11) is 1.64. The lowest BCUT2D eigenvalue weighted by atomic mass is 10.2. The maximum Gasteiger partial charge on any atom is 0.363 e. The summed E-state index contributed by atoms with van der Waals surface area (Å²) in [5.74, 6) is 0.788. The lowest BCUT2D eigenvalue weighted by Gasteiger charge is -2.07. The van der Waals surface area contributed by atoms with Crippen molar-refractivity contribution in [3.05, 3.63) is 58.7 Å². The van der Waals surface area contributed by atoms with E-state index in [0.29, 0.717) is 36.0 Å². The molecule has 3 aromatic heterocycles. The van der Waals surface area contributed by atoms with Gasteiger partial charge in [0.05, 0.1) is 25.0 Å². The molecule has 0 aliphatic carbocycles. The molecule has 3 aromatic rings. The predicted octanol–water partition coefficient (Wildman–Crippen LogP) is 3.00. The Morgan fingerprint density at radius 1 is 1.31 bits per heavy atom. The summed E-state index contributed by atoms with van der Waals surface area (Å²) in [6.45, 7) is 2.88. The molecule has 0 amide bonds. The van der Waals surface area contributed by atoms with Crippen LogP contribution < -0.4 is 4.74 Å². The van der Waals surface area contributed by atoms with Crippen LogP contribution in [0.2, 0.25) is 0 Å². The van der Waals surface area contributed by atoms with Crippen LogP contribution in [-0.4, -0.2) is 38.4 Å². The first-order valence-electron chi connectivity index (χ1n) is 7.84. The van der Waals surface area contributed by atoms with Crippen LogP contribution in [0.25, 0.3) is 11.3 Å². The molecule has 0 fully saturated rings. The number of methoxy groups -OCH3 is 1. The Morgan fingerprint density at radius 2 is 2.15 bits per heavy atom. The van der Waals surface area contributed by atoms with Gasteiger partial charge in [0.15, 0.2) is 11.4 Å². The van der Waals surface area contributed by atoms with Crippen molar-refractivity contribution in [2.75, 3.05) is 13.7 Å². The molecule has 0 unspecified atom stereocenters. The summed E-state index contributed by atoms with van der Waals surface area (Å²) in [6, 6.07) is 6.33. The molecule has 0 atom stereocenters. The topological polar surface area (TPSA) is 105 Å². The van der Waals surface area contributed by atoms with Crippen molar-refractivity contribution in [1.82, 2.24) is 19.7 Å². The summed E-state index contributed by atoms with van der Waals surface area (Å²) in [5, 5.41) is 15.0. The Labute approximate surface area is 149 Å². The third-order valence-electron chi connectivity index (χ3n) is 3.62. The van der Waals surface area contributed by atoms with E-state index in [2.05, 4.69) is 15.1 Å². The van der Waals surface area contributed by atoms with Gasteiger partial charge in [-0.25, -0.2) is 0 Å². The van der Waals surface area contributed by atoms with Gasteiger partial charge in [-0.15, -0.1) is 0 Å². The molecule has 0 N–H and O–H groups in total. The SMILES string of the molecule is COCCn1cc(-c2cc(Oc3ccc([N+](=O)[O-])nc3C)ccn2)cn1. The number of rotatable bonds is 7. The monoisotopic (exact) mass is 355 g/mol. The number of nitrogens with zero attached hydrogens (tertiary/aromatic N) is 5. The highest BCUT2D eigenvalue weighted by atomic mass is 16.6. The van der Waals surface area contributed by atoms with E-state index in [9.17, 15) is 10.1 Å². The van der Waals surface area contributed by atoms with E-state index < -0.39 is 4.92 Å². The number of nitro groups is 1. The van der Waals surface area contributed by atoms with Crippen LogP contribution in [0.4, 0.5) is 5.82 Å². The summed E-state index contributed by atoms with van der Waals surface area (Å²) in [4.78, 5) is 18.5. The molecule has 0 saturated carbocycles. The van der Waals surface area contributed by atoms with Gasteiger partial charge in [-0.05, 0) is 22.0 Å².